The lowest BCUT2D eigenvalue weighted by atomic mass is 10.1. The van der Waals surface area contributed by atoms with Crippen molar-refractivity contribution in [3.8, 4) is 11.8 Å². The van der Waals surface area contributed by atoms with Crippen LogP contribution >= 0.6 is 11.3 Å². The van der Waals surface area contributed by atoms with Crippen LogP contribution in [0.1, 0.15) is 48.8 Å². The highest BCUT2D eigenvalue weighted by Gasteiger charge is 2.35. The normalized spacial score (nSPS) is 16.7. The number of hydrogen-bond acceptors (Lipinski definition) is 6. The number of esters is 1. The third-order valence-corrected chi connectivity index (χ3v) is 5.48. The zero-order valence-electron chi connectivity index (χ0n) is 17.4. The molecule has 2 aromatic heterocycles. The van der Waals surface area contributed by atoms with E-state index in [9.17, 15) is 22.8 Å². The molecule has 31 heavy (non-hydrogen) atoms. The van der Waals surface area contributed by atoms with Gasteiger partial charge in [-0.25, -0.2) is 14.6 Å². The molecule has 3 rings (SSSR count). The van der Waals surface area contributed by atoms with Crippen molar-refractivity contribution in [3.63, 3.8) is 0 Å². The van der Waals surface area contributed by atoms with Crippen molar-refractivity contribution in [2.45, 2.75) is 39.0 Å². The molecule has 166 valence electrons. The van der Waals surface area contributed by atoms with E-state index in [4.69, 9.17) is 4.74 Å². The number of thiophene rings is 1. The first-order valence-electron chi connectivity index (χ1n) is 9.46. The minimum Gasteiger partial charge on any atom is -0.465 e. The Morgan fingerprint density at radius 1 is 1.29 bits per heavy atom. The van der Waals surface area contributed by atoms with Gasteiger partial charge in [-0.15, -0.1) is 11.3 Å². The predicted molar refractivity (Wildman–Crippen MR) is 109 cm³/mol. The molecule has 1 unspecified atom stereocenters. The van der Waals surface area contributed by atoms with Crippen LogP contribution in [0.5, 0.6) is 0 Å². The van der Waals surface area contributed by atoms with Crippen LogP contribution in [-0.2, 0) is 15.7 Å². The lowest BCUT2D eigenvalue weighted by Gasteiger charge is -2.24. The highest BCUT2D eigenvalue weighted by Crippen LogP contribution is 2.38. The second-order valence-corrected chi connectivity index (χ2v) is 8.93. The standard InChI is InChI=1S/C21H21F3N2O4S/c1-20(2,3)30-19(28)26-8-7-12(10-26)5-6-13-9-15(21(22,23)24)17-16(25-13)14(11-31-17)18(27)29-4/h9,11-12H,7-8,10H2,1-4H3. The quantitative estimate of drug-likeness (QED) is 0.461. The summed E-state index contributed by atoms with van der Waals surface area (Å²) in [6, 6.07) is 0.882. The van der Waals surface area contributed by atoms with Gasteiger partial charge in [-0.3, -0.25) is 0 Å². The number of likely N-dealkylation sites (tertiary alicyclic amines) is 1. The summed E-state index contributed by atoms with van der Waals surface area (Å²) in [7, 11) is 1.15. The summed E-state index contributed by atoms with van der Waals surface area (Å²) in [4.78, 5) is 29.8. The number of methoxy groups -OCH3 is 1. The molecular weight excluding hydrogens is 433 g/mol. The van der Waals surface area contributed by atoms with Crippen LogP contribution < -0.4 is 0 Å². The topological polar surface area (TPSA) is 68.7 Å². The van der Waals surface area contributed by atoms with Crippen molar-refractivity contribution in [3.05, 3.63) is 28.3 Å². The van der Waals surface area contributed by atoms with Crippen LogP contribution in [0.2, 0.25) is 0 Å². The van der Waals surface area contributed by atoms with Gasteiger partial charge in [0.2, 0.25) is 0 Å². The molecule has 0 aliphatic carbocycles. The van der Waals surface area contributed by atoms with Crippen molar-refractivity contribution in [1.82, 2.24) is 9.88 Å². The first kappa shape index (κ1) is 22.9. The van der Waals surface area contributed by atoms with E-state index in [1.54, 1.807) is 20.8 Å². The number of alkyl halides is 3. The van der Waals surface area contributed by atoms with Gasteiger partial charge in [-0.2, -0.15) is 13.2 Å². The molecule has 1 aliphatic rings. The minimum absolute atomic E-state index is 0.0337. The summed E-state index contributed by atoms with van der Waals surface area (Å²) < 4.78 is 50.5. The van der Waals surface area contributed by atoms with E-state index in [1.165, 1.54) is 10.3 Å². The number of hydrogen-bond donors (Lipinski definition) is 0. The lowest BCUT2D eigenvalue weighted by molar-refractivity contribution is -0.136. The summed E-state index contributed by atoms with van der Waals surface area (Å²) in [5.74, 6) is 4.60. The molecule has 0 radical (unpaired) electrons. The van der Waals surface area contributed by atoms with Crippen LogP contribution in [-0.4, -0.2) is 47.7 Å². The van der Waals surface area contributed by atoms with Gasteiger partial charge in [0.15, 0.2) is 0 Å². The highest BCUT2D eigenvalue weighted by atomic mass is 32.1. The number of carbonyl (C=O) groups is 2. The lowest BCUT2D eigenvalue weighted by Crippen LogP contribution is -2.35. The zero-order chi connectivity index (χ0) is 23.0. The van der Waals surface area contributed by atoms with Gasteiger partial charge in [0.1, 0.15) is 11.3 Å². The number of amides is 1. The molecule has 0 saturated carbocycles. The maximum atomic E-state index is 13.6. The van der Waals surface area contributed by atoms with Gasteiger partial charge in [0.25, 0.3) is 0 Å². The van der Waals surface area contributed by atoms with E-state index in [0.29, 0.717) is 19.5 Å². The molecule has 2 aromatic rings. The van der Waals surface area contributed by atoms with Crippen LogP contribution in [0.3, 0.4) is 0 Å². The fourth-order valence-electron chi connectivity index (χ4n) is 3.08. The molecule has 1 amide bonds. The molecule has 3 heterocycles. The van der Waals surface area contributed by atoms with Crippen LogP contribution in [0.15, 0.2) is 11.4 Å². The number of ether oxygens (including phenoxy) is 2. The molecule has 1 atom stereocenters. The molecule has 1 aliphatic heterocycles. The Morgan fingerprint density at radius 2 is 2.00 bits per heavy atom. The van der Waals surface area contributed by atoms with Gasteiger partial charge < -0.3 is 14.4 Å². The summed E-state index contributed by atoms with van der Waals surface area (Å²) in [6.45, 7) is 6.08. The fourth-order valence-corrected chi connectivity index (χ4v) is 4.10. The number of aromatic nitrogens is 1. The first-order valence-corrected chi connectivity index (χ1v) is 10.3. The molecule has 1 fully saturated rings. The third kappa shape index (κ3) is 5.28. The van der Waals surface area contributed by atoms with Crippen LogP contribution in [0, 0.1) is 17.8 Å². The smallest absolute Gasteiger partial charge is 0.417 e. The summed E-state index contributed by atoms with van der Waals surface area (Å²) >= 11 is 0.782. The zero-order valence-corrected chi connectivity index (χ0v) is 18.2. The monoisotopic (exact) mass is 454 g/mol. The third-order valence-electron chi connectivity index (χ3n) is 4.48. The van der Waals surface area contributed by atoms with E-state index in [0.717, 1.165) is 24.5 Å². The number of pyridine rings is 1. The average Bonchev–Trinajstić information content (AvgIpc) is 3.30. The Kier molecular flexibility index (Phi) is 6.18. The highest BCUT2D eigenvalue weighted by molar-refractivity contribution is 7.17. The van der Waals surface area contributed by atoms with Gasteiger partial charge in [0, 0.05) is 24.4 Å². The Bertz CT molecular complexity index is 1080. The average molecular weight is 454 g/mol. The Balaban J connectivity index is 1.88. The second kappa shape index (κ2) is 8.38. The number of fused-ring (bicyclic) bond motifs is 1. The largest absolute Gasteiger partial charge is 0.465 e. The van der Waals surface area contributed by atoms with E-state index in [-0.39, 0.29) is 27.4 Å². The molecule has 0 aromatic carbocycles. The maximum Gasteiger partial charge on any atom is 0.417 e. The predicted octanol–water partition coefficient (Wildman–Crippen LogP) is 4.71. The van der Waals surface area contributed by atoms with E-state index in [2.05, 4.69) is 21.6 Å². The van der Waals surface area contributed by atoms with Crippen molar-refractivity contribution in [2.75, 3.05) is 20.2 Å². The van der Waals surface area contributed by atoms with Gasteiger partial charge >= 0.3 is 18.2 Å². The number of nitrogens with zero attached hydrogens (tertiary/aromatic N) is 2. The summed E-state index contributed by atoms with van der Waals surface area (Å²) in [6.07, 6.45) is -4.50. The Hall–Kier alpha value is -2.80. The number of rotatable bonds is 1. The molecule has 0 N–H and O–H groups in total. The van der Waals surface area contributed by atoms with Gasteiger partial charge in [0.05, 0.1) is 28.5 Å². The van der Waals surface area contributed by atoms with Gasteiger partial charge in [-0.1, -0.05) is 5.92 Å². The van der Waals surface area contributed by atoms with Crippen LogP contribution in [0.4, 0.5) is 18.0 Å². The molecule has 0 spiro atoms. The Morgan fingerprint density at radius 3 is 2.61 bits per heavy atom. The van der Waals surface area contributed by atoms with Crippen molar-refractivity contribution in [1.29, 1.82) is 0 Å². The van der Waals surface area contributed by atoms with E-state index >= 15 is 0 Å². The molecule has 1 saturated heterocycles. The first-order chi connectivity index (χ1) is 14.4. The number of halogens is 3. The number of carbonyl (C=O) groups excluding carboxylic acids is 2. The van der Waals surface area contributed by atoms with Gasteiger partial charge in [-0.05, 0) is 39.2 Å². The fraction of sp³-hybridized carbons (Fsp3) is 0.476. The van der Waals surface area contributed by atoms with Crippen molar-refractivity contribution in [2.24, 2.45) is 5.92 Å². The molecule has 10 heteroatoms. The van der Waals surface area contributed by atoms with Crippen molar-refractivity contribution < 1.29 is 32.2 Å². The SMILES string of the molecule is COC(=O)c1csc2c(C(F)(F)F)cc(C#CC3CCN(C(=O)OC(C)(C)C)C3)nc12. The molecule has 6 nitrogen and oxygen atoms in total. The van der Waals surface area contributed by atoms with E-state index < -0.39 is 29.4 Å². The Labute approximate surface area is 181 Å². The summed E-state index contributed by atoms with van der Waals surface area (Å²) in [5.41, 5.74) is -1.74. The second-order valence-electron chi connectivity index (χ2n) is 8.05. The minimum atomic E-state index is -4.63. The molecular formula is C21H21F3N2O4S. The van der Waals surface area contributed by atoms with Crippen molar-refractivity contribution >= 4 is 33.6 Å². The van der Waals surface area contributed by atoms with Crippen LogP contribution in [0.25, 0.3) is 10.2 Å². The summed E-state index contributed by atoms with van der Waals surface area (Å²) in [5, 5.41) is 1.30. The maximum absolute atomic E-state index is 13.6. The van der Waals surface area contributed by atoms with E-state index in [1.807, 2.05) is 0 Å². The molecule has 0 bridgehead atoms.